The van der Waals surface area contributed by atoms with Gasteiger partial charge in [0.05, 0.1) is 5.02 Å². The number of carbonyl (C=O) groups is 1. The first-order valence-corrected chi connectivity index (χ1v) is 5.94. The van der Waals surface area contributed by atoms with Crippen LogP contribution in [-0.4, -0.2) is 24.4 Å². The van der Waals surface area contributed by atoms with Gasteiger partial charge in [-0.15, -0.1) is 0 Å². The van der Waals surface area contributed by atoms with Crippen LogP contribution in [0.1, 0.15) is 17.3 Å². The van der Waals surface area contributed by atoms with Crippen molar-refractivity contribution in [3.05, 3.63) is 45.4 Å². The van der Waals surface area contributed by atoms with Crippen molar-refractivity contribution in [1.29, 1.82) is 0 Å². The predicted molar refractivity (Wildman–Crippen MR) is 70.9 cm³/mol. The van der Waals surface area contributed by atoms with Gasteiger partial charge >= 0.3 is 0 Å². The number of hydrogen-bond acceptors (Lipinski definition) is 1. The molecule has 0 unspecified atom stereocenters. The van der Waals surface area contributed by atoms with Gasteiger partial charge in [-0.05, 0) is 41.1 Å². The molecule has 0 radical (unpaired) electrons. The SMILES string of the molecule is C=C(C)CN(C)C(=O)c1ccc(Cl)c(Br)c1. The zero-order valence-corrected chi connectivity index (χ0v) is 11.6. The predicted octanol–water partition coefficient (Wildman–Crippen LogP) is 3.75. The summed E-state index contributed by atoms with van der Waals surface area (Å²) in [5.41, 5.74) is 1.56. The van der Waals surface area contributed by atoms with Crippen LogP contribution in [0.5, 0.6) is 0 Å². The van der Waals surface area contributed by atoms with Crippen LogP contribution in [0.15, 0.2) is 34.8 Å². The van der Waals surface area contributed by atoms with Gasteiger partial charge in [0.25, 0.3) is 5.91 Å². The monoisotopic (exact) mass is 301 g/mol. The molecule has 0 heterocycles. The summed E-state index contributed by atoms with van der Waals surface area (Å²) < 4.78 is 0.726. The van der Waals surface area contributed by atoms with E-state index in [1.54, 1.807) is 30.1 Å². The van der Waals surface area contributed by atoms with Crippen molar-refractivity contribution in [3.63, 3.8) is 0 Å². The Hall–Kier alpha value is -0.800. The zero-order chi connectivity index (χ0) is 12.3. The minimum atomic E-state index is -0.0413. The molecule has 0 atom stereocenters. The molecule has 0 bridgehead atoms. The minimum absolute atomic E-state index is 0.0413. The van der Waals surface area contributed by atoms with E-state index in [0.717, 1.165) is 10.0 Å². The summed E-state index contributed by atoms with van der Waals surface area (Å²) in [5, 5.41) is 0.596. The van der Waals surface area contributed by atoms with Crippen LogP contribution < -0.4 is 0 Å². The van der Waals surface area contributed by atoms with E-state index < -0.39 is 0 Å². The van der Waals surface area contributed by atoms with Crippen LogP contribution in [0, 0.1) is 0 Å². The summed E-state index contributed by atoms with van der Waals surface area (Å²) in [6.07, 6.45) is 0. The maximum Gasteiger partial charge on any atom is 0.253 e. The Balaban J connectivity index is 2.88. The van der Waals surface area contributed by atoms with Crippen LogP contribution in [0.3, 0.4) is 0 Å². The Labute approximate surface area is 109 Å². The van der Waals surface area contributed by atoms with Gasteiger partial charge in [-0.25, -0.2) is 0 Å². The molecule has 4 heteroatoms. The number of carbonyl (C=O) groups excluding carboxylic acids is 1. The van der Waals surface area contributed by atoms with Gasteiger partial charge in [0, 0.05) is 23.6 Å². The molecule has 16 heavy (non-hydrogen) atoms. The molecular weight excluding hydrogens is 289 g/mol. The average molecular weight is 303 g/mol. The van der Waals surface area contributed by atoms with E-state index in [1.165, 1.54) is 0 Å². The van der Waals surface area contributed by atoms with Crippen molar-refractivity contribution in [3.8, 4) is 0 Å². The number of amides is 1. The van der Waals surface area contributed by atoms with Gasteiger partial charge < -0.3 is 4.90 Å². The van der Waals surface area contributed by atoms with E-state index >= 15 is 0 Å². The largest absolute Gasteiger partial charge is 0.338 e. The molecule has 1 aromatic rings. The summed E-state index contributed by atoms with van der Waals surface area (Å²) >= 11 is 9.16. The van der Waals surface area contributed by atoms with E-state index in [0.29, 0.717) is 17.1 Å². The molecule has 0 aliphatic heterocycles. The highest BCUT2D eigenvalue weighted by Crippen LogP contribution is 2.23. The Morgan fingerprint density at radius 3 is 2.69 bits per heavy atom. The Morgan fingerprint density at radius 2 is 2.19 bits per heavy atom. The van der Waals surface area contributed by atoms with Gasteiger partial charge in [-0.3, -0.25) is 4.79 Å². The number of benzene rings is 1. The quantitative estimate of drug-likeness (QED) is 0.779. The number of nitrogens with zero attached hydrogens (tertiary/aromatic N) is 1. The lowest BCUT2D eigenvalue weighted by Crippen LogP contribution is -2.28. The summed E-state index contributed by atoms with van der Waals surface area (Å²) in [6, 6.07) is 5.14. The number of likely N-dealkylation sites (N-methyl/N-ethyl adjacent to an activating group) is 1. The molecule has 0 saturated carbocycles. The Bertz CT molecular complexity index is 431. The van der Waals surface area contributed by atoms with Crippen molar-refractivity contribution in [2.75, 3.05) is 13.6 Å². The topological polar surface area (TPSA) is 20.3 Å². The van der Waals surface area contributed by atoms with Gasteiger partial charge in [0.2, 0.25) is 0 Å². The van der Waals surface area contributed by atoms with Crippen molar-refractivity contribution in [2.24, 2.45) is 0 Å². The maximum absolute atomic E-state index is 12.0. The van der Waals surface area contributed by atoms with Gasteiger partial charge in [-0.2, -0.15) is 0 Å². The van der Waals surface area contributed by atoms with Crippen LogP contribution in [0.25, 0.3) is 0 Å². The summed E-state index contributed by atoms with van der Waals surface area (Å²) in [4.78, 5) is 13.6. The Morgan fingerprint density at radius 1 is 1.56 bits per heavy atom. The van der Waals surface area contributed by atoms with E-state index in [9.17, 15) is 4.79 Å². The third-order valence-corrected chi connectivity index (χ3v) is 3.23. The van der Waals surface area contributed by atoms with Crippen molar-refractivity contribution < 1.29 is 4.79 Å². The maximum atomic E-state index is 12.0. The summed E-state index contributed by atoms with van der Waals surface area (Å²) in [7, 11) is 1.75. The number of halogens is 2. The van der Waals surface area contributed by atoms with Crippen LogP contribution >= 0.6 is 27.5 Å². The van der Waals surface area contributed by atoms with Crippen molar-refractivity contribution in [1.82, 2.24) is 4.90 Å². The molecule has 1 rings (SSSR count). The molecule has 0 spiro atoms. The highest BCUT2D eigenvalue weighted by Gasteiger charge is 2.12. The fraction of sp³-hybridized carbons (Fsp3) is 0.250. The van der Waals surface area contributed by atoms with Crippen LogP contribution in [0.2, 0.25) is 5.02 Å². The van der Waals surface area contributed by atoms with Gasteiger partial charge in [-0.1, -0.05) is 23.8 Å². The molecule has 1 aromatic carbocycles. The second kappa shape index (κ2) is 5.51. The highest BCUT2D eigenvalue weighted by atomic mass is 79.9. The smallest absolute Gasteiger partial charge is 0.253 e. The Kier molecular flexibility index (Phi) is 4.56. The second-order valence-corrected chi connectivity index (χ2v) is 5.01. The third kappa shape index (κ3) is 3.35. The first-order chi connectivity index (χ1) is 7.41. The normalized spacial score (nSPS) is 10.0. The first-order valence-electron chi connectivity index (χ1n) is 4.76. The first kappa shape index (κ1) is 13.3. The molecule has 0 saturated heterocycles. The molecule has 0 aliphatic rings. The molecule has 1 amide bonds. The zero-order valence-electron chi connectivity index (χ0n) is 9.26. The number of rotatable bonds is 3. The molecule has 2 nitrogen and oxygen atoms in total. The molecule has 86 valence electrons. The molecular formula is C12H13BrClNO. The van der Waals surface area contributed by atoms with E-state index in [1.807, 2.05) is 6.92 Å². The number of hydrogen-bond donors (Lipinski definition) is 0. The van der Waals surface area contributed by atoms with Crippen molar-refractivity contribution in [2.45, 2.75) is 6.92 Å². The van der Waals surface area contributed by atoms with Crippen LogP contribution in [0.4, 0.5) is 0 Å². The molecule has 0 aromatic heterocycles. The van der Waals surface area contributed by atoms with E-state index in [-0.39, 0.29) is 5.91 Å². The average Bonchev–Trinajstić information content (AvgIpc) is 2.20. The molecule has 0 aliphatic carbocycles. The van der Waals surface area contributed by atoms with Gasteiger partial charge in [0.15, 0.2) is 0 Å². The molecule has 0 N–H and O–H groups in total. The standard InChI is InChI=1S/C12H13BrClNO/c1-8(2)7-15(3)12(16)9-4-5-11(14)10(13)6-9/h4-6H,1,7H2,2-3H3. The summed E-state index contributed by atoms with van der Waals surface area (Å²) in [6.45, 7) is 6.22. The summed E-state index contributed by atoms with van der Waals surface area (Å²) in [5.74, 6) is -0.0413. The fourth-order valence-corrected chi connectivity index (χ4v) is 1.82. The van der Waals surface area contributed by atoms with Gasteiger partial charge in [0.1, 0.15) is 0 Å². The highest BCUT2D eigenvalue weighted by molar-refractivity contribution is 9.10. The lowest BCUT2D eigenvalue weighted by molar-refractivity contribution is 0.0807. The lowest BCUT2D eigenvalue weighted by atomic mass is 10.2. The molecule has 0 fully saturated rings. The van der Waals surface area contributed by atoms with E-state index in [2.05, 4.69) is 22.5 Å². The second-order valence-electron chi connectivity index (χ2n) is 3.75. The lowest BCUT2D eigenvalue weighted by Gasteiger charge is -2.17. The fourth-order valence-electron chi connectivity index (χ4n) is 1.33. The van der Waals surface area contributed by atoms with Crippen molar-refractivity contribution >= 4 is 33.4 Å². The van der Waals surface area contributed by atoms with Crippen LogP contribution in [-0.2, 0) is 0 Å². The third-order valence-electron chi connectivity index (χ3n) is 2.02. The minimum Gasteiger partial charge on any atom is -0.338 e. The van der Waals surface area contributed by atoms with E-state index in [4.69, 9.17) is 11.6 Å².